The van der Waals surface area contributed by atoms with Gasteiger partial charge in [-0.25, -0.2) is 0 Å². The van der Waals surface area contributed by atoms with Crippen LogP contribution in [0.2, 0.25) is 5.02 Å². The number of amides is 3. The summed E-state index contributed by atoms with van der Waals surface area (Å²) in [6.45, 7) is 1.84. The Hall–Kier alpha value is -4.24. The second kappa shape index (κ2) is 13.4. The standard InChI is InChI=1S/C31H34ClN3O6/c1-19-30(37)34-25(31(38)35(19)18-28(36)33-14-13-20-7-11-24(32)12-8-20)15-21-5-9-22(10-6-21)23-16-26(39-2)29(41-4)27(17-23)40-3/h5-12,16-17,19,25H,13-15,18H2,1-4H3,(H,33,36)(H,34,37)/t19-,25+/m0/s1. The zero-order chi connectivity index (χ0) is 29.5. The number of hydrogen-bond donors (Lipinski definition) is 2. The third-order valence-electron chi connectivity index (χ3n) is 7.10. The molecule has 0 bridgehead atoms. The van der Waals surface area contributed by atoms with Crippen molar-refractivity contribution in [3.05, 3.63) is 76.8 Å². The molecule has 41 heavy (non-hydrogen) atoms. The van der Waals surface area contributed by atoms with E-state index in [2.05, 4.69) is 10.6 Å². The highest BCUT2D eigenvalue weighted by atomic mass is 35.5. The zero-order valence-corrected chi connectivity index (χ0v) is 24.3. The molecule has 4 rings (SSSR count). The average Bonchev–Trinajstić information content (AvgIpc) is 2.98. The van der Waals surface area contributed by atoms with Gasteiger partial charge < -0.3 is 29.7 Å². The molecule has 0 aliphatic carbocycles. The molecule has 1 fully saturated rings. The van der Waals surface area contributed by atoms with Crippen molar-refractivity contribution in [2.75, 3.05) is 34.4 Å². The lowest BCUT2D eigenvalue weighted by Gasteiger charge is -2.37. The van der Waals surface area contributed by atoms with Crippen LogP contribution in [0.15, 0.2) is 60.7 Å². The van der Waals surface area contributed by atoms with Gasteiger partial charge in [0.05, 0.1) is 21.3 Å². The van der Waals surface area contributed by atoms with E-state index in [1.54, 1.807) is 40.4 Å². The molecule has 2 N–H and O–H groups in total. The van der Waals surface area contributed by atoms with Gasteiger partial charge in [0.15, 0.2) is 11.5 Å². The van der Waals surface area contributed by atoms with Crippen molar-refractivity contribution in [3.8, 4) is 28.4 Å². The van der Waals surface area contributed by atoms with E-state index in [1.807, 2.05) is 48.5 Å². The predicted octanol–water partition coefficient (Wildman–Crippen LogP) is 3.65. The topological polar surface area (TPSA) is 106 Å². The molecule has 3 aromatic rings. The van der Waals surface area contributed by atoms with Gasteiger partial charge in [-0.3, -0.25) is 14.4 Å². The summed E-state index contributed by atoms with van der Waals surface area (Å²) in [7, 11) is 4.68. The summed E-state index contributed by atoms with van der Waals surface area (Å²) in [4.78, 5) is 40.0. The molecule has 1 aliphatic rings. The first-order chi connectivity index (χ1) is 19.7. The van der Waals surface area contributed by atoms with Gasteiger partial charge in [0, 0.05) is 18.0 Å². The lowest BCUT2D eigenvalue weighted by atomic mass is 9.97. The molecule has 0 unspecified atom stereocenters. The van der Waals surface area contributed by atoms with Crippen LogP contribution in [0.25, 0.3) is 11.1 Å². The van der Waals surface area contributed by atoms with Crippen molar-refractivity contribution in [1.29, 1.82) is 0 Å². The molecule has 216 valence electrons. The molecule has 3 aromatic carbocycles. The van der Waals surface area contributed by atoms with Gasteiger partial charge >= 0.3 is 0 Å². The van der Waals surface area contributed by atoms with Crippen LogP contribution in [-0.2, 0) is 27.2 Å². The van der Waals surface area contributed by atoms with E-state index in [4.69, 9.17) is 25.8 Å². The molecule has 0 saturated carbocycles. The fraction of sp³-hybridized carbons (Fsp3) is 0.323. The van der Waals surface area contributed by atoms with Crippen LogP contribution in [0, 0.1) is 0 Å². The van der Waals surface area contributed by atoms with Crippen LogP contribution in [-0.4, -0.2) is 69.1 Å². The predicted molar refractivity (Wildman–Crippen MR) is 157 cm³/mol. The molecule has 3 amide bonds. The van der Waals surface area contributed by atoms with E-state index in [1.165, 1.54) is 4.90 Å². The number of nitrogens with one attached hydrogen (secondary N) is 2. The molecule has 9 nitrogen and oxygen atoms in total. The molecule has 0 spiro atoms. The van der Waals surface area contributed by atoms with E-state index in [0.29, 0.717) is 41.7 Å². The summed E-state index contributed by atoms with van der Waals surface area (Å²) >= 11 is 5.92. The second-order valence-electron chi connectivity index (χ2n) is 9.74. The van der Waals surface area contributed by atoms with Crippen LogP contribution in [0.3, 0.4) is 0 Å². The minimum absolute atomic E-state index is 0.190. The highest BCUT2D eigenvalue weighted by Gasteiger charge is 2.38. The molecule has 1 aliphatic heterocycles. The maximum atomic E-state index is 13.3. The van der Waals surface area contributed by atoms with Gasteiger partial charge in [0.25, 0.3) is 0 Å². The maximum Gasteiger partial charge on any atom is 0.246 e. The fourth-order valence-electron chi connectivity index (χ4n) is 4.76. The SMILES string of the molecule is COc1cc(-c2ccc(C[C@H]3NC(=O)[C@H](C)N(CC(=O)NCCc4ccc(Cl)cc4)C3=O)cc2)cc(OC)c1OC. The number of carbonyl (C=O) groups is 3. The van der Waals surface area contributed by atoms with Crippen LogP contribution in [0.5, 0.6) is 17.2 Å². The first kappa shape index (κ1) is 29.7. The van der Waals surface area contributed by atoms with Crippen LogP contribution >= 0.6 is 11.6 Å². The van der Waals surface area contributed by atoms with Gasteiger partial charge in [-0.15, -0.1) is 0 Å². The van der Waals surface area contributed by atoms with Gasteiger partial charge in [-0.05, 0) is 59.9 Å². The Morgan fingerprint density at radius 2 is 1.51 bits per heavy atom. The van der Waals surface area contributed by atoms with Crippen LogP contribution < -0.4 is 24.8 Å². The molecule has 2 atom stereocenters. The number of methoxy groups -OCH3 is 3. The number of halogens is 1. The van der Waals surface area contributed by atoms with Crippen molar-refractivity contribution in [3.63, 3.8) is 0 Å². The molecule has 10 heteroatoms. The third-order valence-corrected chi connectivity index (χ3v) is 7.35. The van der Waals surface area contributed by atoms with E-state index < -0.39 is 12.1 Å². The van der Waals surface area contributed by atoms with E-state index in [9.17, 15) is 14.4 Å². The molecule has 1 heterocycles. The highest BCUT2D eigenvalue weighted by Crippen LogP contribution is 2.41. The number of piperazine rings is 1. The Bertz CT molecular complexity index is 1370. The number of benzene rings is 3. The highest BCUT2D eigenvalue weighted by molar-refractivity contribution is 6.30. The Kier molecular flexibility index (Phi) is 9.73. The first-order valence-corrected chi connectivity index (χ1v) is 13.6. The monoisotopic (exact) mass is 579 g/mol. The van der Waals surface area contributed by atoms with Crippen molar-refractivity contribution in [2.45, 2.75) is 31.8 Å². The number of nitrogens with zero attached hydrogens (tertiary/aromatic N) is 1. The molecule has 1 saturated heterocycles. The van der Waals surface area contributed by atoms with E-state index in [0.717, 1.165) is 22.3 Å². The average molecular weight is 580 g/mol. The Labute approximate surface area is 244 Å². The number of carbonyl (C=O) groups excluding carboxylic acids is 3. The molecular weight excluding hydrogens is 546 g/mol. The Balaban J connectivity index is 1.39. The summed E-state index contributed by atoms with van der Waals surface area (Å²) in [5, 5.41) is 6.29. The maximum absolute atomic E-state index is 13.3. The van der Waals surface area contributed by atoms with E-state index >= 15 is 0 Å². The van der Waals surface area contributed by atoms with Crippen LogP contribution in [0.1, 0.15) is 18.1 Å². The van der Waals surface area contributed by atoms with Gasteiger partial charge in [-0.1, -0.05) is 48.0 Å². The summed E-state index contributed by atoms with van der Waals surface area (Å²) in [6.07, 6.45) is 0.920. The van der Waals surface area contributed by atoms with Gasteiger partial charge in [0.2, 0.25) is 23.5 Å². The lowest BCUT2D eigenvalue weighted by Crippen LogP contribution is -2.64. The molecule has 0 aromatic heterocycles. The zero-order valence-electron chi connectivity index (χ0n) is 23.5. The van der Waals surface area contributed by atoms with Crippen molar-refractivity contribution in [2.24, 2.45) is 0 Å². The molecular formula is C31H34ClN3O6. The quantitative estimate of drug-likeness (QED) is 0.359. The number of rotatable bonds is 11. The lowest BCUT2D eigenvalue weighted by molar-refractivity contribution is -0.150. The summed E-state index contributed by atoms with van der Waals surface area (Å²) in [5.74, 6) is 0.698. The van der Waals surface area contributed by atoms with Gasteiger partial charge in [-0.2, -0.15) is 0 Å². The molecule has 0 radical (unpaired) electrons. The second-order valence-corrected chi connectivity index (χ2v) is 10.2. The summed E-state index contributed by atoms with van der Waals surface area (Å²) < 4.78 is 16.3. The summed E-state index contributed by atoms with van der Waals surface area (Å²) in [5.41, 5.74) is 3.68. The van der Waals surface area contributed by atoms with E-state index in [-0.39, 0.29) is 24.3 Å². The number of hydrogen-bond acceptors (Lipinski definition) is 6. The van der Waals surface area contributed by atoms with Crippen molar-refractivity contribution in [1.82, 2.24) is 15.5 Å². The normalized spacial score (nSPS) is 16.7. The summed E-state index contributed by atoms with van der Waals surface area (Å²) in [6, 6.07) is 17.3. The Morgan fingerprint density at radius 1 is 0.902 bits per heavy atom. The largest absolute Gasteiger partial charge is 0.493 e. The van der Waals surface area contributed by atoms with Gasteiger partial charge in [0.1, 0.15) is 18.6 Å². The number of ether oxygens (including phenoxy) is 3. The third kappa shape index (κ3) is 7.10. The van der Waals surface area contributed by atoms with Crippen molar-refractivity contribution >= 4 is 29.3 Å². The Morgan fingerprint density at radius 3 is 2.10 bits per heavy atom. The minimum Gasteiger partial charge on any atom is -0.493 e. The van der Waals surface area contributed by atoms with Crippen molar-refractivity contribution < 1.29 is 28.6 Å². The smallest absolute Gasteiger partial charge is 0.246 e. The minimum atomic E-state index is -0.771. The van der Waals surface area contributed by atoms with Crippen LogP contribution in [0.4, 0.5) is 0 Å². The fourth-order valence-corrected chi connectivity index (χ4v) is 4.89. The first-order valence-electron chi connectivity index (χ1n) is 13.2.